The first-order valence-electron chi connectivity index (χ1n) is 7.46. The van der Waals surface area contributed by atoms with Crippen LogP contribution < -0.4 is 5.73 Å². The number of pyridine rings is 1. The first-order valence-corrected chi connectivity index (χ1v) is 7.46. The van der Waals surface area contributed by atoms with Crippen LogP contribution >= 0.6 is 0 Å². The summed E-state index contributed by atoms with van der Waals surface area (Å²) >= 11 is 0. The van der Waals surface area contributed by atoms with Crippen LogP contribution in [0.2, 0.25) is 0 Å². The van der Waals surface area contributed by atoms with E-state index in [0.29, 0.717) is 11.4 Å². The summed E-state index contributed by atoms with van der Waals surface area (Å²) in [6.45, 7) is 1.93. The van der Waals surface area contributed by atoms with E-state index in [0.717, 1.165) is 36.8 Å². The van der Waals surface area contributed by atoms with Crippen LogP contribution in [0.4, 0.5) is 5.82 Å². The maximum atomic E-state index is 13.3. The average molecular weight is 280 g/mol. The molecule has 1 aromatic heterocycles. The van der Waals surface area contributed by atoms with Crippen molar-refractivity contribution in [3.8, 4) is 0 Å². The Hall–Kier alpha value is -2.16. The van der Waals surface area contributed by atoms with Crippen LogP contribution in [0.15, 0.2) is 42.6 Å². The number of nitrogens with two attached hydrogens (primary N) is 1. The third-order valence-electron chi connectivity index (χ3n) is 4.63. The molecule has 0 aliphatic heterocycles. The highest BCUT2D eigenvalue weighted by Crippen LogP contribution is 2.44. The van der Waals surface area contributed by atoms with Gasteiger partial charge in [-0.05, 0) is 37.0 Å². The second-order valence-corrected chi connectivity index (χ2v) is 5.87. The van der Waals surface area contributed by atoms with Gasteiger partial charge in [-0.3, -0.25) is 4.79 Å². The van der Waals surface area contributed by atoms with Crippen molar-refractivity contribution in [3.05, 3.63) is 59.3 Å². The predicted molar refractivity (Wildman–Crippen MR) is 84.3 cm³/mol. The molecule has 2 aromatic rings. The SMILES string of the molecule is Cc1ccnc(N)c1C(=O)C1(c2ccccc2)CCCC1. The minimum Gasteiger partial charge on any atom is -0.383 e. The van der Waals surface area contributed by atoms with E-state index in [-0.39, 0.29) is 5.78 Å². The monoisotopic (exact) mass is 280 g/mol. The van der Waals surface area contributed by atoms with E-state index in [4.69, 9.17) is 5.73 Å². The predicted octanol–water partition coefficient (Wildman–Crippen LogP) is 3.67. The Morgan fingerprint density at radius 1 is 1.14 bits per heavy atom. The van der Waals surface area contributed by atoms with Gasteiger partial charge in [-0.2, -0.15) is 0 Å². The topological polar surface area (TPSA) is 56.0 Å². The van der Waals surface area contributed by atoms with Crippen LogP contribution in [0.1, 0.15) is 47.2 Å². The van der Waals surface area contributed by atoms with Gasteiger partial charge in [0.1, 0.15) is 5.82 Å². The lowest BCUT2D eigenvalue weighted by molar-refractivity contribution is 0.0886. The number of anilines is 1. The summed E-state index contributed by atoms with van der Waals surface area (Å²) in [5, 5.41) is 0. The van der Waals surface area contributed by atoms with Crippen molar-refractivity contribution in [2.45, 2.75) is 38.0 Å². The molecule has 0 radical (unpaired) electrons. The Labute approximate surface area is 125 Å². The number of hydrogen-bond donors (Lipinski definition) is 1. The van der Waals surface area contributed by atoms with Gasteiger partial charge in [0.05, 0.1) is 11.0 Å². The van der Waals surface area contributed by atoms with E-state index in [1.807, 2.05) is 31.2 Å². The molecule has 1 heterocycles. The van der Waals surface area contributed by atoms with Crippen LogP contribution in [0, 0.1) is 6.92 Å². The molecule has 1 fully saturated rings. The zero-order chi connectivity index (χ0) is 14.9. The van der Waals surface area contributed by atoms with Gasteiger partial charge in [0, 0.05) is 6.20 Å². The number of aryl methyl sites for hydroxylation is 1. The fourth-order valence-corrected chi connectivity index (χ4v) is 3.50. The number of carbonyl (C=O) groups is 1. The van der Waals surface area contributed by atoms with Crippen LogP contribution in [0.3, 0.4) is 0 Å². The maximum absolute atomic E-state index is 13.3. The van der Waals surface area contributed by atoms with Gasteiger partial charge in [0.25, 0.3) is 0 Å². The zero-order valence-electron chi connectivity index (χ0n) is 12.3. The average Bonchev–Trinajstić information content (AvgIpc) is 2.98. The normalized spacial score (nSPS) is 16.8. The summed E-state index contributed by atoms with van der Waals surface area (Å²) in [6.07, 6.45) is 5.61. The summed E-state index contributed by atoms with van der Waals surface area (Å²) in [5.74, 6) is 0.483. The smallest absolute Gasteiger partial charge is 0.177 e. The number of rotatable bonds is 3. The second-order valence-electron chi connectivity index (χ2n) is 5.87. The molecule has 1 aromatic carbocycles. The highest BCUT2D eigenvalue weighted by Gasteiger charge is 2.43. The van der Waals surface area contributed by atoms with Crippen LogP contribution in [-0.4, -0.2) is 10.8 Å². The number of aromatic nitrogens is 1. The fourth-order valence-electron chi connectivity index (χ4n) is 3.50. The number of ketones is 1. The number of carbonyl (C=O) groups excluding carboxylic acids is 1. The van der Waals surface area contributed by atoms with E-state index in [1.54, 1.807) is 6.20 Å². The van der Waals surface area contributed by atoms with Crippen molar-refractivity contribution in [3.63, 3.8) is 0 Å². The van der Waals surface area contributed by atoms with Gasteiger partial charge < -0.3 is 5.73 Å². The summed E-state index contributed by atoms with van der Waals surface area (Å²) in [7, 11) is 0. The Balaban J connectivity index is 2.13. The number of hydrogen-bond acceptors (Lipinski definition) is 3. The van der Waals surface area contributed by atoms with Gasteiger partial charge in [0.2, 0.25) is 0 Å². The van der Waals surface area contributed by atoms with Gasteiger partial charge in [0.15, 0.2) is 5.78 Å². The summed E-state index contributed by atoms with van der Waals surface area (Å²) in [5.41, 5.74) is 8.19. The van der Waals surface area contributed by atoms with E-state index in [1.165, 1.54) is 0 Å². The third kappa shape index (κ3) is 2.23. The van der Waals surface area contributed by atoms with Crippen molar-refractivity contribution in [2.24, 2.45) is 0 Å². The molecule has 2 N–H and O–H groups in total. The summed E-state index contributed by atoms with van der Waals surface area (Å²) in [6, 6.07) is 12.0. The molecular weight excluding hydrogens is 260 g/mol. The lowest BCUT2D eigenvalue weighted by atomic mass is 9.72. The number of benzene rings is 1. The van der Waals surface area contributed by atoms with Gasteiger partial charge >= 0.3 is 0 Å². The van der Waals surface area contributed by atoms with Gasteiger partial charge in [-0.15, -0.1) is 0 Å². The standard InChI is InChI=1S/C18H20N2O/c1-13-9-12-20-17(19)15(13)16(21)18(10-5-6-11-18)14-7-3-2-4-8-14/h2-4,7-9,12H,5-6,10-11H2,1H3,(H2,19,20). The number of nitrogens with zero attached hydrogens (tertiary/aromatic N) is 1. The lowest BCUT2D eigenvalue weighted by Crippen LogP contribution is -2.34. The molecule has 0 bridgehead atoms. The minimum atomic E-state index is -0.427. The Kier molecular flexibility index (Phi) is 3.50. The number of Topliss-reactive ketones (excluding diaryl/α,β-unsaturated/α-hetero) is 1. The molecule has 1 aliphatic rings. The molecule has 0 amide bonds. The largest absolute Gasteiger partial charge is 0.383 e. The minimum absolute atomic E-state index is 0.134. The molecular formula is C18H20N2O. The third-order valence-corrected chi connectivity index (χ3v) is 4.63. The quantitative estimate of drug-likeness (QED) is 0.873. The molecule has 0 unspecified atom stereocenters. The molecule has 3 nitrogen and oxygen atoms in total. The Morgan fingerprint density at radius 2 is 1.81 bits per heavy atom. The lowest BCUT2D eigenvalue weighted by Gasteiger charge is -2.29. The van der Waals surface area contributed by atoms with E-state index >= 15 is 0 Å². The first-order chi connectivity index (χ1) is 10.1. The first kappa shape index (κ1) is 13.8. The van der Waals surface area contributed by atoms with Gasteiger partial charge in [-0.25, -0.2) is 4.98 Å². The van der Waals surface area contributed by atoms with E-state index in [9.17, 15) is 4.79 Å². The maximum Gasteiger partial charge on any atom is 0.177 e. The Bertz CT molecular complexity index is 638. The Morgan fingerprint density at radius 3 is 2.43 bits per heavy atom. The molecule has 3 heteroatoms. The second kappa shape index (κ2) is 5.32. The molecule has 0 spiro atoms. The molecule has 3 rings (SSSR count). The summed E-state index contributed by atoms with van der Waals surface area (Å²) < 4.78 is 0. The van der Waals surface area contributed by atoms with E-state index < -0.39 is 5.41 Å². The molecule has 1 saturated carbocycles. The highest BCUT2D eigenvalue weighted by molar-refractivity contribution is 6.08. The fraction of sp³-hybridized carbons (Fsp3) is 0.333. The van der Waals surface area contributed by atoms with Crippen molar-refractivity contribution in [2.75, 3.05) is 5.73 Å². The van der Waals surface area contributed by atoms with Crippen LogP contribution in [0.25, 0.3) is 0 Å². The van der Waals surface area contributed by atoms with Crippen LogP contribution in [-0.2, 0) is 5.41 Å². The number of nitrogen functional groups attached to an aromatic ring is 1. The zero-order valence-corrected chi connectivity index (χ0v) is 12.3. The van der Waals surface area contributed by atoms with Crippen molar-refractivity contribution in [1.82, 2.24) is 4.98 Å². The van der Waals surface area contributed by atoms with E-state index in [2.05, 4.69) is 17.1 Å². The molecule has 21 heavy (non-hydrogen) atoms. The molecule has 1 aliphatic carbocycles. The molecule has 108 valence electrons. The van der Waals surface area contributed by atoms with Crippen molar-refractivity contribution >= 4 is 11.6 Å². The molecule has 0 saturated heterocycles. The molecule has 0 atom stereocenters. The van der Waals surface area contributed by atoms with Crippen molar-refractivity contribution in [1.29, 1.82) is 0 Å². The summed E-state index contributed by atoms with van der Waals surface area (Å²) in [4.78, 5) is 17.4. The van der Waals surface area contributed by atoms with Crippen LogP contribution in [0.5, 0.6) is 0 Å². The van der Waals surface area contributed by atoms with Crippen molar-refractivity contribution < 1.29 is 4.79 Å². The van der Waals surface area contributed by atoms with Gasteiger partial charge in [-0.1, -0.05) is 43.2 Å². The highest BCUT2D eigenvalue weighted by atomic mass is 16.1.